The molecule has 0 bridgehead atoms. The lowest BCUT2D eigenvalue weighted by Gasteiger charge is -2.36. The van der Waals surface area contributed by atoms with E-state index in [0.717, 1.165) is 11.1 Å². The fourth-order valence-corrected chi connectivity index (χ4v) is 3.39. The zero-order valence-corrected chi connectivity index (χ0v) is 14.1. The quantitative estimate of drug-likeness (QED) is 0.777. The van der Waals surface area contributed by atoms with Gasteiger partial charge in [-0.25, -0.2) is 0 Å². The van der Waals surface area contributed by atoms with E-state index in [1.807, 2.05) is 42.5 Å². The second-order valence-electron chi connectivity index (χ2n) is 6.76. The second kappa shape index (κ2) is 7.76. The highest BCUT2D eigenvalue weighted by atomic mass is 16.3. The number of nitrogens with zero attached hydrogens (tertiary/aromatic N) is 1. The van der Waals surface area contributed by atoms with Crippen LogP contribution in [0.5, 0.6) is 0 Å². The van der Waals surface area contributed by atoms with E-state index >= 15 is 0 Å². The van der Waals surface area contributed by atoms with E-state index in [0.29, 0.717) is 32.1 Å². The van der Waals surface area contributed by atoms with Crippen LogP contribution < -0.4 is 5.32 Å². The van der Waals surface area contributed by atoms with Gasteiger partial charge in [-0.2, -0.15) is 0 Å². The van der Waals surface area contributed by atoms with E-state index in [9.17, 15) is 15.0 Å². The zero-order chi connectivity index (χ0) is 17.7. The molecule has 132 valence electrons. The summed E-state index contributed by atoms with van der Waals surface area (Å²) in [4.78, 5) is 16.3. The Morgan fingerprint density at radius 3 is 2.56 bits per heavy atom. The lowest BCUT2D eigenvalue weighted by Crippen LogP contribution is -2.46. The van der Waals surface area contributed by atoms with Crippen LogP contribution >= 0.6 is 0 Å². The van der Waals surface area contributed by atoms with Gasteiger partial charge < -0.3 is 15.5 Å². The van der Waals surface area contributed by atoms with Gasteiger partial charge in [0.25, 0.3) is 0 Å². The lowest BCUT2D eigenvalue weighted by molar-refractivity contribution is -0.130. The maximum absolute atomic E-state index is 12.2. The Labute approximate surface area is 147 Å². The van der Waals surface area contributed by atoms with Gasteiger partial charge >= 0.3 is 0 Å². The molecule has 1 aromatic heterocycles. The molecule has 0 spiro atoms. The predicted molar refractivity (Wildman–Crippen MR) is 94.7 cm³/mol. The second-order valence-corrected chi connectivity index (χ2v) is 6.76. The fraction of sp³-hybridized carbons (Fsp3) is 0.400. The normalized spacial score (nSPS) is 24.5. The lowest BCUT2D eigenvalue weighted by atomic mass is 9.78. The van der Waals surface area contributed by atoms with Crippen LogP contribution in [0, 0.1) is 0 Å². The van der Waals surface area contributed by atoms with Crippen molar-refractivity contribution >= 4 is 5.91 Å². The summed E-state index contributed by atoms with van der Waals surface area (Å²) in [5.74, 6) is -0.347. The number of nitrogens with one attached hydrogen (secondary N) is 1. The molecule has 0 unspecified atom stereocenters. The van der Waals surface area contributed by atoms with Crippen molar-refractivity contribution in [1.29, 1.82) is 0 Å². The number of hydrogen-bond donors (Lipinski definition) is 3. The standard InChI is InChI=1S/C20H24N2O3/c23-18(13-15-5-2-1-3-6-15)19(24)22-17-8-10-20(25,11-9-17)16-7-4-12-21-14-16/h1-7,12,14,17-18,23,25H,8-11,13H2,(H,22,24)/t17?,18-,20?/m0/s1. The van der Waals surface area contributed by atoms with Crippen molar-refractivity contribution in [2.75, 3.05) is 0 Å². The van der Waals surface area contributed by atoms with E-state index in [4.69, 9.17) is 0 Å². The minimum absolute atomic E-state index is 0.0186. The molecule has 1 amide bonds. The van der Waals surface area contributed by atoms with Crippen molar-refractivity contribution in [3.05, 3.63) is 66.0 Å². The first-order chi connectivity index (χ1) is 12.1. The van der Waals surface area contributed by atoms with Crippen LogP contribution in [0.1, 0.15) is 36.8 Å². The van der Waals surface area contributed by atoms with Gasteiger partial charge in [0.05, 0.1) is 5.60 Å². The molecular weight excluding hydrogens is 316 g/mol. The number of amides is 1. The molecule has 0 saturated heterocycles. The molecule has 1 aromatic carbocycles. The summed E-state index contributed by atoms with van der Waals surface area (Å²) in [5, 5.41) is 23.8. The van der Waals surface area contributed by atoms with Gasteiger partial charge in [0.2, 0.25) is 5.91 Å². The van der Waals surface area contributed by atoms with Crippen molar-refractivity contribution in [1.82, 2.24) is 10.3 Å². The van der Waals surface area contributed by atoms with Crippen LogP contribution in [0.15, 0.2) is 54.9 Å². The first-order valence-electron chi connectivity index (χ1n) is 8.72. The highest BCUT2D eigenvalue weighted by Crippen LogP contribution is 2.36. The Bertz CT molecular complexity index is 683. The third-order valence-electron chi connectivity index (χ3n) is 4.93. The van der Waals surface area contributed by atoms with Crippen LogP contribution in [-0.4, -0.2) is 33.3 Å². The van der Waals surface area contributed by atoms with E-state index in [1.165, 1.54) is 0 Å². The zero-order valence-electron chi connectivity index (χ0n) is 14.1. The predicted octanol–water partition coefficient (Wildman–Crippen LogP) is 1.93. The maximum atomic E-state index is 12.2. The molecular formula is C20H24N2O3. The smallest absolute Gasteiger partial charge is 0.249 e. The van der Waals surface area contributed by atoms with E-state index in [2.05, 4.69) is 10.3 Å². The van der Waals surface area contributed by atoms with Crippen molar-refractivity contribution < 1.29 is 15.0 Å². The minimum Gasteiger partial charge on any atom is -0.385 e. The third-order valence-corrected chi connectivity index (χ3v) is 4.93. The number of rotatable bonds is 5. The third kappa shape index (κ3) is 4.44. The number of carbonyl (C=O) groups is 1. The van der Waals surface area contributed by atoms with E-state index in [1.54, 1.807) is 12.4 Å². The molecule has 3 rings (SSSR count). The molecule has 1 aliphatic rings. The van der Waals surface area contributed by atoms with Crippen LogP contribution in [-0.2, 0) is 16.8 Å². The van der Waals surface area contributed by atoms with Gasteiger partial charge in [-0.05, 0) is 37.3 Å². The molecule has 3 N–H and O–H groups in total. The van der Waals surface area contributed by atoms with Crippen molar-refractivity contribution in [2.45, 2.75) is 49.9 Å². The summed E-state index contributed by atoms with van der Waals surface area (Å²) in [7, 11) is 0. The van der Waals surface area contributed by atoms with Crippen molar-refractivity contribution in [2.24, 2.45) is 0 Å². The molecule has 1 heterocycles. The minimum atomic E-state index is -1.05. The monoisotopic (exact) mass is 340 g/mol. The summed E-state index contributed by atoms with van der Waals surface area (Å²) in [5.41, 5.74) is 0.877. The fourth-order valence-electron chi connectivity index (χ4n) is 3.39. The number of benzene rings is 1. The van der Waals surface area contributed by atoms with E-state index in [-0.39, 0.29) is 11.9 Å². The SMILES string of the molecule is O=C(NC1CCC(O)(c2cccnc2)CC1)[C@@H](O)Cc1ccccc1. The van der Waals surface area contributed by atoms with Gasteiger partial charge in [0, 0.05) is 30.4 Å². The summed E-state index contributed by atoms with van der Waals surface area (Å²) in [6.07, 6.45) is 5.12. The van der Waals surface area contributed by atoms with Gasteiger partial charge in [0.1, 0.15) is 6.10 Å². The average molecular weight is 340 g/mol. The molecule has 25 heavy (non-hydrogen) atoms. The van der Waals surface area contributed by atoms with Crippen molar-refractivity contribution in [3.8, 4) is 0 Å². The Morgan fingerprint density at radius 2 is 1.92 bits per heavy atom. The molecule has 1 fully saturated rings. The topological polar surface area (TPSA) is 82.5 Å². The summed E-state index contributed by atoms with van der Waals surface area (Å²) < 4.78 is 0. The number of hydrogen-bond acceptors (Lipinski definition) is 4. The Balaban J connectivity index is 1.51. The number of aliphatic hydroxyl groups excluding tert-OH is 1. The largest absolute Gasteiger partial charge is 0.385 e. The summed E-state index contributed by atoms with van der Waals surface area (Å²) >= 11 is 0. The summed E-state index contributed by atoms with van der Waals surface area (Å²) in [6, 6.07) is 13.2. The average Bonchev–Trinajstić information content (AvgIpc) is 2.65. The Kier molecular flexibility index (Phi) is 5.46. The van der Waals surface area contributed by atoms with Crippen LogP contribution in [0.4, 0.5) is 0 Å². The van der Waals surface area contributed by atoms with Gasteiger partial charge in [0.15, 0.2) is 0 Å². The highest BCUT2D eigenvalue weighted by molar-refractivity contribution is 5.81. The molecule has 1 aliphatic carbocycles. The Hall–Kier alpha value is -2.24. The van der Waals surface area contributed by atoms with Crippen LogP contribution in [0.3, 0.4) is 0 Å². The van der Waals surface area contributed by atoms with Gasteiger partial charge in [-0.15, -0.1) is 0 Å². The molecule has 0 aliphatic heterocycles. The first-order valence-corrected chi connectivity index (χ1v) is 8.72. The molecule has 0 radical (unpaired) electrons. The molecule has 5 nitrogen and oxygen atoms in total. The van der Waals surface area contributed by atoms with Crippen molar-refractivity contribution in [3.63, 3.8) is 0 Å². The van der Waals surface area contributed by atoms with Gasteiger partial charge in [-0.1, -0.05) is 36.4 Å². The molecule has 5 heteroatoms. The number of aromatic nitrogens is 1. The highest BCUT2D eigenvalue weighted by Gasteiger charge is 2.35. The molecule has 1 atom stereocenters. The maximum Gasteiger partial charge on any atom is 0.249 e. The van der Waals surface area contributed by atoms with Crippen LogP contribution in [0.2, 0.25) is 0 Å². The number of aliphatic hydroxyl groups is 2. The van der Waals surface area contributed by atoms with Crippen LogP contribution in [0.25, 0.3) is 0 Å². The Morgan fingerprint density at radius 1 is 1.20 bits per heavy atom. The number of pyridine rings is 1. The van der Waals surface area contributed by atoms with Gasteiger partial charge in [-0.3, -0.25) is 9.78 Å². The van der Waals surface area contributed by atoms with E-state index < -0.39 is 11.7 Å². The summed E-state index contributed by atoms with van der Waals surface area (Å²) in [6.45, 7) is 0. The first kappa shape index (κ1) is 17.6. The molecule has 1 saturated carbocycles. The number of carbonyl (C=O) groups excluding carboxylic acids is 1. The molecule has 2 aromatic rings.